The third-order valence-electron chi connectivity index (χ3n) is 1.31. The Labute approximate surface area is 83.2 Å². The van der Waals surface area contributed by atoms with Crippen LogP contribution in [0.25, 0.3) is 0 Å². The molecule has 1 amide bonds. The van der Waals surface area contributed by atoms with Gasteiger partial charge in [-0.05, 0) is 0 Å². The van der Waals surface area contributed by atoms with E-state index in [1.54, 1.807) is 0 Å². The summed E-state index contributed by atoms with van der Waals surface area (Å²) in [6.45, 7) is 0. The van der Waals surface area contributed by atoms with Crippen molar-refractivity contribution in [3.05, 3.63) is 21.2 Å². The fraction of sp³-hybridized carbons (Fsp3) is 0.167. The molecule has 0 atom stereocenters. The lowest BCUT2D eigenvalue weighted by Crippen LogP contribution is -2.26. The summed E-state index contributed by atoms with van der Waals surface area (Å²) in [6, 6.07) is 0. The molecule has 1 aromatic rings. The smallest absolute Gasteiger partial charge is 0.297 e. The van der Waals surface area contributed by atoms with Crippen molar-refractivity contribution in [3.63, 3.8) is 0 Å². The summed E-state index contributed by atoms with van der Waals surface area (Å²) in [6.07, 6.45) is 0. The molecule has 0 aliphatic carbocycles. The van der Waals surface area contributed by atoms with Crippen LogP contribution in [0, 0.1) is 0 Å². The molecule has 0 aliphatic rings. The molecule has 8 heteroatoms. The third-order valence-corrected chi connectivity index (χ3v) is 1.57. The topological polar surface area (TPSA) is 110 Å². The van der Waals surface area contributed by atoms with E-state index in [1.807, 2.05) is 5.48 Å². The molecule has 14 heavy (non-hydrogen) atoms. The van der Waals surface area contributed by atoms with E-state index in [0.717, 1.165) is 0 Å². The third kappa shape index (κ3) is 2.01. The summed E-state index contributed by atoms with van der Waals surface area (Å²) in [4.78, 5) is 32.1. The summed E-state index contributed by atoms with van der Waals surface area (Å²) in [7, 11) is 1.25. The lowest BCUT2D eigenvalue weighted by Gasteiger charge is -2.03. The molecule has 0 saturated carbocycles. The highest BCUT2D eigenvalue weighted by Gasteiger charge is 2.14. The summed E-state index contributed by atoms with van der Waals surface area (Å²) >= 11 is 5.40. The van der Waals surface area contributed by atoms with Crippen LogP contribution in [0.15, 0.2) is 4.79 Å². The van der Waals surface area contributed by atoms with Crippen LogP contribution in [0.5, 0.6) is 0 Å². The second-order valence-electron chi connectivity index (χ2n) is 2.25. The zero-order chi connectivity index (χ0) is 10.7. The lowest BCUT2D eigenvalue weighted by molar-refractivity contribution is 0.0533. The molecule has 0 aliphatic heterocycles. The van der Waals surface area contributed by atoms with Gasteiger partial charge in [-0.2, -0.15) is 0 Å². The number of carbonyl (C=O) groups excluding carboxylic acids is 1. The minimum Gasteiger partial charge on any atom is -0.383 e. The largest absolute Gasteiger partial charge is 0.383 e. The number of aromatic nitrogens is 2. The van der Waals surface area contributed by atoms with Crippen LogP contribution in [0.2, 0.25) is 5.15 Å². The van der Waals surface area contributed by atoms with Crippen molar-refractivity contribution in [3.8, 4) is 0 Å². The van der Waals surface area contributed by atoms with Gasteiger partial charge in [0.15, 0.2) is 10.8 Å². The molecule has 1 heterocycles. The van der Waals surface area contributed by atoms with Crippen LogP contribution in [-0.2, 0) is 4.84 Å². The number of aromatic amines is 1. The Hall–Kier alpha value is -1.60. The van der Waals surface area contributed by atoms with Crippen LogP contribution in [0.3, 0.4) is 0 Å². The van der Waals surface area contributed by atoms with Gasteiger partial charge in [0, 0.05) is 0 Å². The standard InChI is InChI=1S/C6H7ClN4O3/c1-14-11-5(12)2-4(8)10-6(13)3(7)9-2/h1H3,(H,11,12)(H3,8,10,13). The van der Waals surface area contributed by atoms with Crippen molar-refractivity contribution in [2.24, 2.45) is 0 Å². The molecule has 0 fully saturated rings. The SMILES string of the molecule is CONC(=O)c1nc(Cl)c(=O)[nH]c1N. The first kappa shape index (κ1) is 10.5. The summed E-state index contributed by atoms with van der Waals surface area (Å²) < 4.78 is 0. The van der Waals surface area contributed by atoms with Crippen molar-refractivity contribution in [2.75, 3.05) is 12.8 Å². The molecule has 76 valence electrons. The average molecular weight is 219 g/mol. The van der Waals surface area contributed by atoms with E-state index in [9.17, 15) is 9.59 Å². The molecule has 0 aromatic carbocycles. The van der Waals surface area contributed by atoms with E-state index in [0.29, 0.717) is 0 Å². The van der Waals surface area contributed by atoms with E-state index < -0.39 is 11.5 Å². The number of hydroxylamine groups is 1. The maximum Gasteiger partial charge on any atom is 0.297 e. The van der Waals surface area contributed by atoms with E-state index in [1.165, 1.54) is 7.11 Å². The number of anilines is 1. The lowest BCUT2D eigenvalue weighted by atomic mass is 10.4. The first-order valence-electron chi connectivity index (χ1n) is 3.45. The van der Waals surface area contributed by atoms with Crippen molar-refractivity contribution in [1.82, 2.24) is 15.4 Å². The fourth-order valence-electron chi connectivity index (χ4n) is 0.756. The number of halogens is 1. The minimum atomic E-state index is -0.692. The molecule has 0 radical (unpaired) electrons. The summed E-state index contributed by atoms with van der Waals surface area (Å²) in [5, 5.41) is -0.361. The second-order valence-corrected chi connectivity index (χ2v) is 2.61. The number of nitrogens with one attached hydrogen (secondary N) is 2. The molecule has 0 unspecified atom stereocenters. The first-order valence-corrected chi connectivity index (χ1v) is 3.82. The Balaban J connectivity index is 3.16. The molecule has 1 aromatic heterocycles. The number of nitrogens with two attached hydrogens (primary N) is 1. The molecule has 0 spiro atoms. The number of amides is 1. The van der Waals surface area contributed by atoms with Crippen LogP contribution >= 0.6 is 11.6 Å². The predicted octanol–water partition coefficient (Wildman–Crippen LogP) is -0.703. The Morgan fingerprint density at radius 1 is 1.71 bits per heavy atom. The van der Waals surface area contributed by atoms with Gasteiger partial charge in [-0.15, -0.1) is 0 Å². The van der Waals surface area contributed by atoms with E-state index in [2.05, 4.69) is 14.8 Å². The van der Waals surface area contributed by atoms with Crippen molar-refractivity contribution >= 4 is 23.3 Å². The average Bonchev–Trinajstić information content (AvgIpc) is 2.11. The van der Waals surface area contributed by atoms with Gasteiger partial charge in [-0.1, -0.05) is 11.6 Å². The Bertz CT molecular complexity index is 416. The monoisotopic (exact) mass is 218 g/mol. The van der Waals surface area contributed by atoms with Crippen LogP contribution < -0.4 is 16.8 Å². The highest BCUT2D eigenvalue weighted by Crippen LogP contribution is 2.05. The maximum atomic E-state index is 11.2. The number of carbonyl (C=O) groups is 1. The van der Waals surface area contributed by atoms with Crippen molar-refractivity contribution < 1.29 is 9.63 Å². The quantitative estimate of drug-likeness (QED) is 0.569. The Morgan fingerprint density at radius 3 is 2.93 bits per heavy atom. The molecule has 4 N–H and O–H groups in total. The number of nitrogens with zero attached hydrogens (tertiary/aromatic N) is 1. The van der Waals surface area contributed by atoms with Gasteiger partial charge in [-0.3, -0.25) is 14.4 Å². The maximum absolute atomic E-state index is 11.2. The second kappa shape index (κ2) is 4.07. The number of hydrogen-bond donors (Lipinski definition) is 3. The van der Waals surface area contributed by atoms with E-state index in [-0.39, 0.29) is 16.7 Å². The number of H-pyrrole nitrogens is 1. The predicted molar refractivity (Wildman–Crippen MR) is 48.8 cm³/mol. The zero-order valence-corrected chi connectivity index (χ0v) is 7.88. The highest BCUT2D eigenvalue weighted by molar-refractivity contribution is 6.29. The van der Waals surface area contributed by atoms with Gasteiger partial charge in [0.05, 0.1) is 7.11 Å². The zero-order valence-electron chi connectivity index (χ0n) is 7.13. The van der Waals surface area contributed by atoms with Gasteiger partial charge in [0.1, 0.15) is 5.82 Å². The molecule has 0 bridgehead atoms. The normalized spacial score (nSPS) is 9.86. The van der Waals surface area contributed by atoms with Gasteiger partial charge in [-0.25, -0.2) is 10.5 Å². The van der Waals surface area contributed by atoms with Gasteiger partial charge < -0.3 is 10.7 Å². The molecule has 1 rings (SSSR count). The number of hydrogen-bond acceptors (Lipinski definition) is 5. The first-order chi connectivity index (χ1) is 6.56. The van der Waals surface area contributed by atoms with E-state index in [4.69, 9.17) is 17.3 Å². The van der Waals surface area contributed by atoms with Gasteiger partial charge in [0.2, 0.25) is 0 Å². The highest BCUT2D eigenvalue weighted by atomic mass is 35.5. The van der Waals surface area contributed by atoms with Gasteiger partial charge >= 0.3 is 0 Å². The summed E-state index contributed by atoms with van der Waals surface area (Å²) in [5.41, 5.74) is 6.46. The Kier molecular flexibility index (Phi) is 3.05. The fourth-order valence-corrected chi connectivity index (χ4v) is 0.888. The minimum absolute atomic E-state index is 0.172. The molecule has 7 nitrogen and oxygen atoms in total. The van der Waals surface area contributed by atoms with Crippen molar-refractivity contribution in [1.29, 1.82) is 0 Å². The number of rotatable bonds is 2. The molecule has 0 saturated heterocycles. The van der Waals surface area contributed by atoms with Crippen LogP contribution in [-0.4, -0.2) is 23.0 Å². The molecular formula is C6H7ClN4O3. The number of nitrogen functional groups attached to an aromatic ring is 1. The van der Waals surface area contributed by atoms with Gasteiger partial charge in [0.25, 0.3) is 11.5 Å². The van der Waals surface area contributed by atoms with Crippen LogP contribution in [0.1, 0.15) is 10.5 Å². The van der Waals surface area contributed by atoms with Crippen molar-refractivity contribution in [2.45, 2.75) is 0 Å². The molecular weight excluding hydrogens is 212 g/mol. The summed E-state index contributed by atoms with van der Waals surface area (Å²) in [5.74, 6) is -0.864. The Morgan fingerprint density at radius 2 is 2.36 bits per heavy atom. The van der Waals surface area contributed by atoms with Crippen LogP contribution in [0.4, 0.5) is 5.82 Å². The van der Waals surface area contributed by atoms with E-state index >= 15 is 0 Å².